The predicted molar refractivity (Wildman–Crippen MR) is 110 cm³/mol. The van der Waals surface area contributed by atoms with Crippen LogP contribution in [0.25, 0.3) is 33.0 Å². The molecule has 0 saturated carbocycles. The molecule has 0 amide bonds. The van der Waals surface area contributed by atoms with Gasteiger partial charge in [-0.05, 0) is 42.5 Å². The van der Waals surface area contributed by atoms with Gasteiger partial charge in [0.2, 0.25) is 0 Å². The van der Waals surface area contributed by atoms with E-state index in [1.54, 1.807) is 0 Å². The molecule has 0 spiro atoms. The highest BCUT2D eigenvalue weighted by atomic mass is 19.1. The Kier molecular flexibility index (Phi) is 4.40. The first-order valence-electron chi connectivity index (χ1n) is 9.44. The number of carboxylic acid groups (broad SMARTS) is 1. The highest BCUT2D eigenvalue weighted by Crippen LogP contribution is 2.40. The summed E-state index contributed by atoms with van der Waals surface area (Å²) in [7, 11) is 0. The quantitative estimate of drug-likeness (QED) is 0.418. The molecule has 9 heteroatoms. The van der Waals surface area contributed by atoms with Crippen LogP contribution in [-0.2, 0) is 6.54 Å². The molecule has 5 rings (SSSR count). The molecule has 2 N–H and O–H groups in total. The summed E-state index contributed by atoms with van der Waals surface area (Å²) in [6, 6.07) is 8.21. The molecule has 2 aromatic carbocycles. The standard InChI is InChI=1S/C23H13F3N2O4/c24-12-3-4-15(25)11(8-12)10-28-17-9-16(26)13-5-7-32-21(13)19(17)18(20(28)23(30)31)14-2-1-6-27-22(14)29/h1-9H,10H2,(H,27,29)(H,30,31). The van der Waals surface area contributed by atoms with Gasteiger partial charge in [0.05, 0.1) is 34.7 Å². The monoisotopic (exact) mass is 438 g/mol. The van der Waals surface area contributed by atoms with Crippen LogP contribution in [0.4, 0.5) is 13.2 Å². The molecule has 3 aromatic heterocycles. The predicted octanol–water partition coefficient (Wildman–Crippen LogP) is 4.91. The topological polar surface area (TPSA) is 88.2 Å². The Bertz CT molecular complexity index is 1600. The minimum Gasteiger partial charge on any atom is -0.477 e. The summed E-state index contributed by atoms with van der Waals surface area (Å²) in [5.41, 5.74) is -0.996. The van der Waals surface area contributed by atoms with Crippen molar-refractivity contribution in [2.45, 2.75) is 6.54 Å². The third-order valence-electron chi connectivity index (χ3n) is 5.34. The van der Waals surface area contributed by atoms with Gasteiger partial charge in [-0.15, -0.1) is 0 Å². The molecule has 5 aromatic rings. The molecule has 0 radical (unpaired) electrons. The molecule has 0 atom stereocenters. The normalized spacial score (nSPS) is 11.5. The number of rotatable bonds is 4. The SMILES string of the molecule is O=C(O)c1c(-c2ccc[nH]c2=O)c2c3occc3c(F)cc2n1Cc1cc(F)ccc1F. The van der Waals surface area contributed by atoms with Crippen LogP contribution < -0.4 is 5.56 Å². The average Bonchev–Trinajstić information content (AvgIpc) is 3.35. The fourth-order valence-electron chi connectivity index (χ4n) is 4.01. The van der Waals surface area contributed by atoms with Gasteiger partial charge in [-0.25, -0.2) is 18.0 Å². The maximum Gasteiger partial charge on any atom is 0.353 e. The number of carboxylic acids is 1. The average molecular weight is 438 g/mol. The maximum absolute atomic E-state index is 14.8. The number of carbonyl (C=O) groups is 1. The van der Waals surface area contributed by atoms with Crippen LogP contribution in [0.1, 0.15) is 16.1 Å². The zero-order valence-electron chi connectivity index (χ0n) is 16.2. The summed E-state index contributed by atoms with van der Waals surface area (Å²) < 4.78 is 49.6. The number of benzene rings is 2. The largest absolute Gasteiger partial charge is 0.477 e. The Morgan fingerprint density at radius 2 is 1.91 bits per heavy atom. The van der Waals surface area contributed by atoms with Crippen molar-refractivity contribution in [3.63, 3.8) is 0 Å². The number of aromatic carboxylic acids is 1. The number of H-pyrrole nitrogens is 1. The Balaban J connectivity index is 1.96. The van der Waals surface area contributed by atoms with E-state index in [1.807, 2.05) is 0 Å². The Morgan fingerprint density at radius 3 is 2.66 bits per heavy atom. The first-order valence-corrected chi connectivity index (χ1v) is 9.44. The number of fused-ring (bicyclic) bond motifs is 3. The Hall–Kier alpha value is -4.27. The molecule has 0 fully saturated rings. The molecule has 0 aliphatic heterocycles. The van der Waals surface area contributed by atoms with Gasteiger partial charge in [-0.3, -0.25) is 4.79 Å². The van der Waals surface area contributed by atoms with Crippen molar-refractivity contribution in [1.82, 2.24) is 9.55 Å². The van der Waals surface area contributed by atoms with Gasteiger partial charge in [0, 0.05) is 17.3 Å². The van der Waals surface area contributed by atoms with E-state index < -0.39 is 35.5 Å². The van der Waals surface area contributed by atoms with E-state index in [4.69, 9.17) is 4.42 Å². The summed E-state index contributed by atoms with van der Waals surface area (Å²) in [5, 5.41) is 10.3. The van der Waals surface area contributed by atoms with E-state index in [2.05, 4.69) is 4.98 Å². The third kappa shape index (κ3) is 2.89. The second-order valence-corrected chi connectivity index (χ2v) is 7.18. The summed E-state index contributed by atoms with van der Waals surface area (Å²) in [6.45, 7) is -0.419. The zero-order valence-corrected chi connectivity index (χ0v) is 16.2. The fraction of sp³-hybridized carbons (Fsp3) is 0.0435. The van der Waals surface area contributed by atoms with Crippen LogP contribution in [-0.4, -0.2) is 20.6 Å². The van der Waals surface area contributed by atoms with Gasteiger partial charge in [0.15, 0.2) is 0 Å². The first kappa shape index (κ1) is 19.7. The van der Waals surface area contributed by atoms with E-state index in [0.717, 1.165) is 28.8 Å². The summed E-state index contributed by atoms with van der Waals surface area (Å²) >= 11 is 0. The summed E-state index contributed by atoms with van der Waals surface area (Å²) in [6.07, 6.45) is 2.63. The van der Waals surface area contributed by atoms with Crippen molar-refractivity contribution < 1.29 is 27.5 Å². The van der Waals surface area contributed by atoms with Gasteiger partial charge in [-0.2, -0.15) is 0 Å². The van der Waals surface area contributed by atoms with Gasteiger partial charge in [0.1, 0.15) is 28.7 Å². The maximum atomic E-state index is 14.8. The molecule has 3 heterocycles. The number of nitrogens with zero attached hydrogens (tertiary/aromatic N) is 1. The molecule has 0 aliphatic carbocycles. The zero-order chi connectivity index (χ0) is 22.6. The number of aromatic amines is 1. The minimum absolute atomic E-state index is 0.00823. The number of hydrogen-bond acceptors (Lipinski definition) is 3. The lowest BCUT2D eigenvalue weighted by molar-refractivity contribution is 0.0687. The lowest BCUT2D eigenvalue weighted by Crippen LogP contribution is -2.14. The van der Waals surface area contributed by atoms with E-state index in [-0.39, 0.29) is 44.3 Å². The molecular formula is C23H13F3N2O4. The second kappa shape index (κ2) is 7.16. The highest BCUT2D eigenvalue weighted by molar-refractivity contribution is 6.17. The number of furan rings is 1. The number of hydrogen-bond donors (Lipinski definition) is 2. The van der Waals surface area contributed by atoms with Gasteiger partial charge in [-0.1, -0.05) is 0 Å². The van der Waals surface area contributed by atoms with Crippen LogP contribution in [0.3, 0.4) is 0 Å². The first-order chi connectivity index (χ1) is 15.4. The highest BCUT2D eigenvalue weighted by Gasteiger charge is 2.29. The Morgan fingerprint density at radius 1 is 1.09 bits per heavy atom. The van der Waals surface area contributed by atoms with Crippen molar-refractivity contribution in [2.24, 2.45) is 0 Å². The van der Waals surface area contributed by atoms with Crippen LogP contribution >= 0.6 is 0 Å². The molecule has 0 aliphatic rings. The van der Waals surface area contributed by atoms with Crippen LogP contribution in [0.15, 0.2) is 64.1 Å². The molecule has 32 heavy (non-hydrogen) atoms. The number of aromatic nitrogens is 2. The van der Waals surface area contributed by atoms with Gasteiger partial charge >= 0.3 is 5.97 Å². The number of nitrogens with one attached hydrogen (secondary N) is 1. The smallest absolute Gasteiger partial charge is 0.353 e. The Labute approximate surface area is 177 Å². The van der Waals surface area contributed by atoms with E-state index in [1.165, 1.54) is 30.7 Å². The van der Waals surface area contributed by atoms with Crippen molar-refractivity contribution in [1.29, 1.82) is 0 Å². The summed E-state index contributed by atoms with van der Waals surface area (Å²) in [4.78, 5) is 27.4. The van der Waals surface area contributed by atoms with Gasteiger partial charge < -0.3 is 19.1 Å². The summed E-state index contributed by atoms with van der Waals surface area (Å²) in [5.74, 6) is -3.60. The second-order valence-electron chi connectivity index (χ2n) is 7.18. The van der Waals surface area contributed by atoms with E-state index >= 15 is 0 Å². The fourth-order valence-corrected chi connectivity index (χ4v) is 4.01. The third-order valence-corrected chi connectivity index (χ3v) is 5.34. The minimum atomic E-state index is -1.43. The molecule has 6 nitrogen and oxygen atoms in total. The number of halogens is 3. The van der Waals surface area contributed by atoms with Crippen molar-refractivity contribution in [2.75, 3.05) is 0 Å². The van der Waals surface area contributed by atoms with Crippen LogP contribution in [0, 0.1) is 17.5 Å². The van der Waals surface area contributed by atoms with Gasteiger partial charge in [0.25, 0.3) is 5.56 Å². The van der Waals surface area contributed by atoms with E-state index in [9.17, 15) is 27.9 Å². The molecule has 0 unspecified atom stereocenters. The lowest BCUT2D eigenvalue weighted by Gasteiger charge is -2.10. The van der Waals surface area contributed by atoms with E-state index in [0.29, 0.717) is 0 Å². The van der Waals surface area contributed by atoms with Crippen molar-refractivity contribution in [3.8, 4) is 11.1 Å². The molecular weight excluding hydrogens is 425 g/mol. The van der Waals surface area contributed by atoms with Crippen LogP contribution in [0.5, 0.6) is 0 Å². The number of pyridine rings is 1. The van der Waals surface area contributed by atoms with Crippen LogP contribution in [0.2, 0.25) is 0 Å². The van der Waals surface area contributed by atoms with Crippen molar-refractivity contribution >= 4 is 27.8 Å². The van der Waals surface area contributed by atoms with Crippen molar-refractivity contribution in [3.05, 3.63) is 94.0 Å². The lowest BCUT2D eigenvalue weighted by atomic mass is 10.0. The molecule has 160 valence electrons. The molecule has 0 saturated heterocycles. The molecule has 0 bridgehead atoms.